The quantitative estimate of drug-likeness (QED) is 0.708. The molecule has 3 aromatic rings. The number of rotatable bonds is 3. The standard InChI is InChI=1S/C19H20N2O4S/c1-5-17(22)20-15-8-6-7-9-16(15)21(19(20)23)26(24,25)18-13(3)10-12(2)11-14(18)4/h6-11H,5H2,1-4H3. The van der Waals surface area contributed by atoms with E-state index in [0.717, 1.165) is 14.1 Å². The molecule has 0 bridgehead atoms. The molecule has 136 valence electrons. The van der Waals surface area contributed by atoms with E-state index in [1.165, 1.54) is 6.07 Å². The van der Waals surface area contributed by atoms with Crippen LogP contribution < -0.4 is 5.69 Å². The predicted molar refractivity (Wildman–Crippen MR) is 100 cm³/mol. The van der Waals surface area contributed by atoms with E-state index >= 15 is 0 Å². The van der Waals surface area contributed by atoms with Crippen LogP contribution in [0.1, 0.15) is 34.8 Å². The number of hydrogen-bond donors (Lipinski definition) is 0. The van der Waals surface area contributed by atoms with Gasteiger partial charge >= 0.3 is 5.69 Å². The molecule has 26 heavy (non-hydrogen) atoms. The van der Waals surface area contributed by atoms with Crippen molar-refractivity contribution in [2.75, 3.05) is 0 Å². The summed E-state index contributed by atoms with van der Waals surface area (Å²) in [6, 6.07) is 9.95. The first-order valence-corrected chi connectivity index (χ1v) is 9.73. The SMILES string of the molecule is CCC(=O)n1c(=O)n(S(=O)(=O)c2c(C)cc(C)cc2C)c2ccccc21. The van der Waals surface area contributed by atoms with E-state index in [2.05, 4.69) is 0 Å². The minimum atomic E-state index is -4.16. The summed E-state index contributed by atoms with van der Waals surface area (Å²) < 4.78 is 28.4. The van der Waals surface area contributed by atoms with Crippen LogP contribution in [-0.2, 0) is 10.0 Å². The van der Waals surface area contributed by atoms with Crippen molar-refractivity contribution < 1.29 is 13.2 Å². The van der Waals surface area contributed by atoms with Gasteiger partial charge in [0.1, 0.15) is 0 Å². The molecule has 0 spiro atoms. The Hall–Kier alpha value is -2.67. The molecule has 0 unspecified atom stereocenters. The monoisotopic (exact) mass is 372 g/mol. The van der Waals surface area contributed by atoms with E-state index in [4.69, 9.17) is 0 Å². The van der Waals surface area contributed by atoms with Crippen LogP contribution in [0.4, 0.5) is 0 Å². The highest BCUT2D eigenvalue weighted by molar-refractivity contribution is 7.90. The molecule has 0 fully saturated rings. The topological polar surface area (TPSA) is 78.1 Å². The molecule has 3 rings (SSSR count). The van der Waals surface area contributed by atoms with Crippen LogP contribution >= 0.6 is 0 Å². The first-order chi connectivity index (χ1) is 12.2. The molecule has 0 N–H and O–H groups in total. The molecule has 0 aliphatic heterocycles. The molecule has 0 saturated carbocycles. The third-order valence-corrected chi connectivity index (χ3v) is 6.35. The van der Waals surface area contributed by atoms with E-state index in [1.54, 1.807) is 51.1 Å². The van der Waals surface area contributed by atoms with Crippen molar-refractivity contribution in [1.82, 2.24) is 8.54 Å². The van der Waals surface area contributed by atoms with Crippen LogP contribution in [0, 0.1) is 20.8 Å². The smallest absolute Gasteiger partial charge is 0.274 e. The van der Waals surface area contributed by atoms with Gasteiger partial charge in [0.25, 0.3) is 10.0 Å². The molecule has 0 radical (unpaired) electrons. The normalized spacial score (nSPS) is 11.8. The number of aryl methyl sites for hydroxylation is 3. The summed E-state index contributed by atoms with van der Waals surface area (Å²) in [7, 11) is -4.16. The van der Waals surface area contributed by atoms with E-state index in [-0.39, 0.29) is 22.3 Å². The number of benzene rings is 2. The van der Waals surface area contributed by atoms with Gasteiger partial charge < -0.3 is 0 Å². The van der Waals surface area contributed by atoms with E-state index in [9.17, 15) is 18.0 Å². The van der Waals surface area contributed by atoms with Gasteiger partial charge in [0.2, 0.25) is 5.91 Å². The molecule has 1 heterocycles. The van der Waals surface area contributed by atoms with Crippen molar-refractivity contribution in [3.05, 3.63) is 63.6 Å². The van der Waals surface area contributed by atoms with Crippen LogP contribution in [0.3, 0.4) is 0 Å². The van der Waals surface area contributed by atoms with Gasteiger partial charge in [0, 0.05) is 6.42 Å². The lowest BCUT2D eigenvalue weighted by Gasteiger charge is -2.12. The molecule has 6 nitrogen and oxygen atoms in total. The number of para-hydroxylation sites is 2. The van der Waals surface area contributed by atoms with Crippen molar-refractivity contribution in [3.8, 4) is 0 Å². The largest absolute Gasteiger partial charge is 0.350 e. The molecule has 7 heteroatoms. The maximum Gasteiger partial charge on any atom is 0.350 e. The molecule has 0 atom stereocenters. The van der Waals surface area contributed by atoms with Crippen LogP contribution in [0.15, 0.2) is 46.1 Å². The van der Waals surface area contributed by atoms with Gasteiger partial charge in [0.05, 0.1) is 15.9 Å². The Balaban J connectivity index is 2.45. The Morgan fingerprint density at radius 1 is 1.00 bits per heavy atom. The first-order valence-electron chi connectivity index (χ1n) is 8.29. The number of imidazole rings is 1. The summed E-state index contributed by atoms with van der Waals surface area (Å²) in [5.41, 5.74) is 1.68. The van der Waals surface area contributed by atoms with Crippen molar-refractivity contribution in [3.63, 3.8) is 0 Å². The van der Waals surface area contributed by atoms with Crippen LogP contribution in [0.5, 0.6) is 0 Å². The fourth-order valence-electron chi connectivity index (χ4n) is 3.42. The average Bonchev–Trinajstić information content (AvgIpc) is 2.85. The molecule has 0 amide bonds. The Kier molecular flexibility index (Phi) is 4.36. The van der Waals surface area contributed by atoms with E-state index < -0.39 is 21.6 Å². The van der Waals surface area contributed by atoms with Crippen molar-refractivity contribution in [2.24, 2.45) is 0 Å². The van der Waals surface area contributed by atoms with Gasteiger partial charge in [-0.3, -0.25) is 4.79 Å². The molecular formula is C19H20N2O4S. The van der Waals surface area contributed by atoms with Crippen LogP contribution in [0.25, 0.3) is 11.0 Å². The minimum absolute atomic E-state index is 0.0938. The number of fused-ring (bicyclic) bond motifs is 1. The lowest BCUT2D eigenvalue weighted by molar-refractivity contribution is 0.0909. The molecule has 1 aromatic heterocycles. The van der Waals surface area contributed by atoms with Crippen molar-refractivity contribution in [2.45, 2.75) is 39.0 Å². The minimum Gasteiger partial charge on any atom is -0.274 e. The highest BCUT2D eigenvalue weighted by Crippen LogP contribution is 2.26. The number of carbonyl (C=O) groups excluding carboxylic acids is 1. The third-order valence-electron chi connectivity index (χ3n) is 4.36. The van der Waals surface area contributed by atoms with Gasteiger partial charge in [-0.2, -0.15) is 3.97 Å². The third kappa shape index (κ3) is 2.59. The van der Waals surface area contributed by atoms with Gasteiger partial charge in [-0.05, 0) is 44.0 Å². The Bertz CT molecular complexity index is 1180. The summed E-state index contributed by atoms with van der Waals surface area (Å²) in [6.45, 7) is 6.92. The molecule has 0 aliphatic rings. The van der Waals surface area contributed by atoms with Crippen LogP contribution in [0.2, 0.25) is 0 Å². The number of nitrogens with zero attached hydrogens (tertiary/aromatic N) is 2. The second-order valence-electron chi connectivity index (χ2n) is 6.35. The first kappa shape index (κ1) is 18.1. The highest BCUT2D eigenvalue weighted by Gasteiger charge is 2.29. The van der Waals surface area contributed by atoms with Gasteiger partial charge in [0.15, 0.2) is 0 Å². The molecule has 0 saturated heterocycles. The summed E-state index contributed by atoms with van der Waals surface area (Å²) in [6.07, 6.45) is 0.0938. The van der Waals surface area contributed by atoms with Crippen LogP contribution in [-0.4, -0.2) is 22.9 Å². The number of carbonyl (C=O) groups is 1. The van der Waals surface area contributed by atoms with Gasteiger partial charge in [-0.1, -0.05) is 36.8 Å². The Labute approximate surface area is 151 Å². The zero-order valence-corrected chi connectivity index (χ0v) is 15.9. The summed E-state index contributed by atoms with van der Waals surface area (Å²) in [4.78, 5) is 25.3. The zero-order chi connectivity index (χ0) is 19.2. The predicted octanol–water partition coefficient (Wildman–Crippen LogP) is 3.02. The second-order valence-corrected chi connectivity index (χ2v) is 8.07. The lowest BCUT2D eigenvalue weighted by atomic mass is 10.1. The number of aromatic nitrogens is 2. The molecule has 2 aromatic carbocycles. The van der Waals surface area contributed by atoms with Crippen molar-refractivity contribution >= 4 is 27.0 Å². The maximum absolute atomic E-state index is 13.4. The lowest BCUT2D eigenvalue weighted by Crippen LogP contribution is -2.33. The highest BCUT2D eigenvalue weighted by atomic mass is 32.2. The second kappa shape index (κ2) is 6.25. The summed E-state index contributed by atoms with van der Waals surface area (Å²) in [5.74, 6) is -0.447. The summed E-state index contributed by atoms with van der Waals surface area (Å²) in [5, 5.41) is 0. The van der Waals surface area contributed by atoms with Crippen molar-refractivity contribution in [1.29, 1.82) is 0 Å². The van der Waals surface area contributed by atoms with Gasteiger partial charge in [-0.15, -0.1) is 0 Å². The fourth-order valence-corrected chi connectivity index (χ4v) is 5.23. The fraction of sp³-hybridized carbons (Fsp3) is 0.263. The number of hydrogen-bond acceptors (Lipinski definition) is 4. The summed E-state index contributed by atoms with van der Waals surface area (Å²) >= 11 is 0. The van der Waals surface area contributed by atoms with E-state index in [1.807, 2.05) is 6.92 Å². The average molecular weight is 372 g/mol. The van der Waals surface area contributed by atoms with Gasteiger partial charge in [-0.25, -0.2) is 17.8 Å². The van der Waals surface area contributed by atoms with E-state index in [0.29, 0.717) is 11.1 Å². The zero-order valence-electron chi connectivity index (χ0n) is 15.1. The maximum atomic E-state index is 13.4. The Morgan fingerprint density at radius 3 is 2.08 bits per heavy atom. The molecule has 0 aliphatic carbocycles. The Morgan fingerprint density at radius 2 is 1.54 bits per heavy atom. The molecular weight excluding hydrogens is 352 g/mol.